The lowest BCUT2D eigenvalue weighted by Crippen LogP contribution is -2.33. The van der Waals surface area contributed by atoms with Crippen LogP contribution in [0.3, 0.4) is 0 Å². The largest absolute Gasteiger partial charge is 0.445 e. The Morgan fingerprint density at radius 3 is 2.78 bits per heavy atom. The summed E-state index contributed by atoms with van der Waals surface area (Å²) < 4.78 is 8.67. The van der Waals surface area contributed by atoms with Gasteiger partial charge in [0, 0.05) is 14.9 Å². The number of nitrogens with zero attached hydrogens (tertiary/aromatic N) is 4. The van der Waals surface area contributed by atoms with Crippen LogP contribution in [0.25, 0.3) is 5.00 Å². The first-order valence-electron chi connectivity index (χ1n) is 8.64. The van der Waals surface area contributed by atoms with Crippen LogP contribution in [-0.2, 0) is 17.9 Å². The van der Waals surface area contributed by atoms with E-state index in [9.17, 15) is 4.79 Å². The van der Waals surface area contributed by atoms with Crippen LogP contribution in [0.1, 0.15) is 40.6 Å². The number of ether oxygens (including phenoxy) is 1. The predicted molar refractivity (Wildman–Crippen MR) is 107 cm³/mol. The summed E-state index contributed by atoms with van der Waals surface area (Å²) in [5.41, 5.74) is 2.02. The highest BCUT2D eigenvalue weighted by molar-refractivity contribution is 9.10. The molecule has 1 amide bonds. The zero-order valence-electron chi connectivity index (χ0n) is 15.3. The monoisotopic (exact) mass is 446 g/mol. The lowest BCUT2D eigenvalue weighted by Gasteiger charge is -2.25. The minimum atomic E-state index is -0.359. The number of rotatable bonds is 2. The second-order valence-electron chi connectivity index (χ2n) is 6.54. The van der Waals surface area contributed by atoms with E-state index in [2.05, 4.69) is 33.1 Å². The van der Waals surface area contributed by atoms with Gasteiger partial charge in [-0.05, 0) is 42.3 Å². The van der Waals surface area contributed by atoms with Gasteiger partial charge in [0.05, 0.1) is 12.6 Å². The summed E-state index contributed by atoms with van der Waals surface area (Å²) >= 11 is 5.36. The van der Waals surface area contributed by atoms with Crippen LogP contribution < -0.4 is 0 Å². The molecule has 140 valence electrons. The normalized spacial score (nSPS) is 15.9. The molecular weight excluding hydrogens is 428 g/mol. The Kier molecular flexibility index (Phi) is 4.77. The van der Waals surface area contributed by atoms with E-state index in [0.717, 1.165) is 37.1 Å². The van der Waals surface area contributed by atoms with Gasteiger partial charge in [0.1, 0.15) is 17.4 Å². The van der Waals surface area contributed by atoms with Crippen molar-refractivity contribution in [1.29, 1.82) is 0 Å². The topological polar surface area (TPSA) is 60.3 Å². The third-order valence-electron chi connectivity index (χ3n) is 4.74. The predicted octanol–water partition coefficient (Wildman–Crippen LogP) is 4.92. The number of carbonyl (C=O) groups is 1. The van der Waals surface area contributed by atoms with Crippen LogP contribution in [0.2, 0.25) is 0 Å². The molecular formula is C19H19BrN4O2S. The Morgan fingerprint density at radius 1 is 1.30 bits per heavy atom. The van der Waals surface area contributed by atoms with Crippen molar-refractivity contribution in [1.82, 2.24) is 19.7 Å². The fourth-order valence-electron chi connectivity index (χ4n) is 3.25. The van der Waals surface area contributed by atoms with Crippen molar-refractivity contribution in [2.75, 3.05) is 0 Å². The fraction of sp³-hybridized carbons (Fsp3) is 0.316. The number of carbonyl (C=O) groups excluding carboxylic acids is 1. The highest BCUT2D eigenvalue weighted by atomic mass is 79.9. The Labute approximate surface area is 169 Å². The molecule has 0 N–H and O–H groups in total. The summed E-state index contributed by atoms with van der Waals surface area (Å²) in [4.78, 5) is 15.8. The van der Waals surface area contributed by atoms with Crippen LogP contribution in [0.5, 0.6) is 0 Å². The Bertz CT molecular complexity index is 999. The zero-order valence-corrected chi connectivity index (χ0v) is 17.7. The fourth-order valence-corrected chi connectivity index (χ4v) is 5.04. The maximum absolute atomic E-state index is 12.9. The minimum Gasteiger partial charge on any atom is -0.445 e. The molecule has 2 aromatic heterocycles. The molecule has 8 heteroatoms. The molecule has 0 fully saturated rings. The third kappa shape index (κ3) is 3.17. The van der Waals surface area contributed by atoms with Crippen molar-refractivity contribution in [3.8, 4) is 5.00 Å². The quantitative estimate of drug-likeness (QED) is 0.560. The number of hydrogen-bond acceptors (Lipinski definition) is 5. The number of aryl methyl sites for hydroxylation is 2. The second-order valence-corrected chi connectivity index (χ2v) is 8.54. The summed E-state index contributed by atoms with van der Waals surface area (Å²) in [6.45, 7) is 6.65. The summed E-state index contributed by atoms with van der Waals surface area (Å²) in [5.74, 6) is 1.56. The van der Waals surface area contributed by atoms with Crippen molar-refractivity contribution in [3.63, 3.8) is 0 Å². The first-order chi connectivity index (χ1) is 13.0. The van der Waals surface area contributed by atoms with Gasteiger partial charge in [0.15, 0.2) is 5.82 Å². The highest BCUT2D eigenvalue weighted by Crippen LogP contribution is 2.41. The van der Waals surface area contributed by atoms with Crippen LogP contribution >= 0.6 is 27.3 Å². The van der Waals surface area contributed by atoms with E-state index >= 15 is 0 Å². The summed E-state index contributed by atoms with van der Waals surface area (Å²) in [5, 5.41) is 9.64. The van der Waals surface area contributed by atoms with Crippen molar-refractivity contribution < 1.29 is 9.53 Å². The van der Waals surface area contributed by atoms with E-state index in [1.54, 1.807) is 16.2 Å². The van der Waals surface area contributed by atoms with Gasteiger partial charge in [0.25, 0.3) is 0 Å². The van der Waals surface area contributed by atoms with E-state index in [1.807, 2.05) is 48.7 Å². The minimum absolute atomic E-state index is 0.241. The number of hydrogen-bond donors (Lipinski definition) is 0. The smallest absolute Gasteiger partial charge is 0.411 e. The van der Waals surface area contributed by atoms with Crippen LogP contribution in [-0.4, -0.2) is 25.8 Å². The number of halogens is 1. The van der Waals surface area contributed by atoms with Gasteiger partial charge >= 0.3 is 6.09 Å². The summed E-state index contributed by atoms with van der Waals surface area (Å²) in [7, 11) is 0. The highest BCUT2D eigenvalue weighted by Gasteiger charge is 2.34. The molecule has 0 bridgehead atoms. The van der Waals surface area contributed by atoms with Crippen LogP contribution in [0, 0.1) is 13.8 Å². The molecule has 0 unspecified atom stereocenters. The van der Waals surface area contributed by atoms with E-state index in [0.29, 0.717) is 6.54 Å². The average molecular weight is 447 g/mol. The SMILES string of the molecule is Cc1sc2c(c1Br)CN(C(=O)OCc1ccccc1)[C@@H](C)c1nnc(C)n1-2. The number of aromatic nitrogens is 3. The summed E-state index contributed by atoms with van der Waals surface area (Å²) in [6.07, 6.45) is -0.359. The summed E-state index contributed by atoms with van der Waals surface area (Å²) in [6, 6.07) is 9.43. The number of fused-ring (bicyclic) bond motifs is 3. The second kappa shape index (κ2) is 7.09. The van der Waals surface area contributed by atoms with Gasteiger partial charge in [-0.2, -0.15) is 0 Å². The molecule has 27 heavy (non-hydrogen) atoms. The first-order valence-corrected chi connectivity index (χ1v) is 10.3. The number of thiophene rings is 1. The molecule has 0 aliphatic carbocycles. The van der Waals surface area contributed by atoms with Gasteiger partial charge in [0.2, 0.25) is 0 Å². The number of benzene rings is 1. The lowest BCUT2D eigenvalue weighted by molar-refractivity contribution is 0.0789. The Morgan fingerprint density at radius 2 is 2.04 bits per heavy atom. The standard InChI is InChI=1S/C19H19BrN4O2S/c1-11-17-22-21-13(3)24(17)18-15(16(20)12(2)27-18)9-23(11)19(25)26-10-14-7-5-4-6-8-14/h4-8,11H,9-10H2,1-3H3/t11-/m0/s1. The molecule has 0 saturated heterocycles. The molecule has 1 atom stereocenters. The van der Waals surface area contributed by atoms with Gasteiger partial charge in [-0.1, -0.05) is 30.3 Å². The average Bonchev–Trinajstić information content (AvgIpc) is 3.14. The molecule has 3 aromatic rings. The first kappa shape index (κ1) is 18.2. The Hall–Kier alpha value is -2.19. The van der Waals surface area contributed by atoms with Gasteiger partial charge < -0.3 is 4.74 Å². The molecule has 0 spiro atoms. The van der Waals surface area contributed by atoms with Crippen molar-refractivity contribution in [2.45, 2.75) is 40.0 Å². The Balaban J connectivity index is 1.68. The molecule has 4 rings (SSSR count). The maximum Gasteiger partial charge on any atom is 0.411 e. The van der Waals surface area contributed by atoms with E-state index in [1.165, 1.54) is 0 Å². The van der Waals surface area contributed by atoms with Crippen molar-refractivity contribution in [2.24, 2.45) is 0 Å². The molecule has 0 saturated carbocycles. The van der Waals surface area contributed by atoms with Crippen LogP contribution in [0.4, 0.5) is 4.79 Å². The van der Waals surface area contributed by atoms with E-state index in [-0.39, 0.29) is 18.7 Å². The lowest BCUT2D eigenvalue weighted by atomic mass is 10.2. The van der Waals surface area contributed by atoms with E-state index < -0.39 is 0 Å². The molecule has 6 nitrogen and oxygen atoms in total. The number of amides is 1. The molecule has 1 aromatic carbocycles. The molecule has 3 heterocycles. The van der Waals surface area contributed by atoms with Crippen molar-refractivity contribution >= 4 is 33.4 Å². The molecule has 1 aliphatic rings. The maximum atomic E-state index is 12.9. The van der Waals surface area contributed by atoms with Gasteiger partial charge in [-0.15, -0.1) is 21.5 Å². The molecule has 0 radical (unpaired) electrons. The molecule has 1 aliphatic heterocycles. The van der Waals surface area contributed by atoms with Gasteiger partial charge in [-0.25, -0.2) is 4.79 Å². The zero-order chi connectivity index (χ0) is 19.1. The van der Waals surface area contributed by atoms with E-state index in [4.69, 9.17) is 4.74 Å². The van der Waals surface area contributed by atoms with Gasteiger partial charge in [-0.3, -0.25) is 9.47 Å². The van der Waals surface area contributed by atoms with Crippen molar-refractivity contribution in [3.05, 3.63) is 62.5 Å². The van der Waals surface area contributed by atoms with Crippen LogP contribution in [0.15, 0.2) is 34.8 Å². The third-order valence-corrected chi connectivity index (χ3v) is 7.21.